The molecule has 0 aromatic carbocycles. The second kappa shape index (κ2) is 10.6. The van der Waals surface area contributed by atoms with Crippen LogP contribution in [0.5, 0.6) is 0 Å². The van der Waals surface area contributed by atoms with Crippen molar-refractivity contribution in [3.8, 4) is 0 Å². The van der Waals surface area contributed by atoms with Crippen molar-refractivity contribution >= 4 is 35.1 Å². The van der Waals surface area contributed by atoms with Gasteiger partial charge in [-0.05, 0) is 32.6 Å². The van der Waals surface area contributed by atoms with Crippen LogP contribution in [0.4, 0.5) is 0 Å². The van der Waals surface area contributed by atoms with E-state index in [9.17, 15) is 19.2 Å². The number of carbonyl (C=O) groups excluding carboxylic acids is 4. The molecule has 0 aromatic heterocycles. The number of amides is 3. The molecule has 1 aliphatic heterocycles. The van der Waals surface area contributed by atoms with Crippen LogP contribution in [0.25, 0.3) is 0 Å². The Hall–Kier alpha value is -1.67. The first-order chi connectivity index (χ1) is 12.6. The SMILES string of the molecule is CC(N)C(=O)N1CCCC1CC(=O)NC(C)C(=O)NC(C(=O)CCl)C(C)C. The summed E-state index contributed by atoms with van der Waals surface area (Å²) in [7, 11) is 0. The number of carbonyl (C=O) groups is 4. The fraction of sp³-hybridized carbons (Fsp3) is 0.778. The molecule has 3 amide bonds. The lowest BCUT2D eigenvalue weighted by molar-refractivity contribution is -0.135. The highest BCUT2D eigenvalue weighted by Gasteiger charge is 2.32. The van der Waals surface area contributed by atoms with Crippen LogP contribution >= 0.6 is 11.6 Å². The van der Waals surface area contributed by atoms with Crippen molar-refractivity contribution < 1.29 is 19.2 Å². The number of nitrogens with zero attached hydrogens (tertiary/aromatic N) is 1. The Morgan fingerprint density at radius 1 is 1.15 bits per heavy atom. The summed E-state index contributed by atoms with van der Waals surface area (Å²) in [6, 6.07) is -2.31. The first-order valence-electron chi connectivity index (χ1n) is 9.32. The normalized spacial score (nSPS) is 20.1. The summed E-state index contributed by atoms with van der Waals surface area (Å²) in [5.74, 6) is -1.51. The second-order valence-corrected chi connectivity index (χ2v) is 7.71. The maximum Gasteiger partial charge on any atom is 0.242 e. The molecular formula is C18H31ClN4O4. The maximum atomic E-state index is 12.3. The van der Waals surface area contributed by atoms with Crippen LogP contribution < -0.4 is 16.4 Å². The lowest BCUT2D eigenvalue weighted by Crippen LogP contribution is -2.53. The Balaban J connectivity index is 2.59. The van der Waals surface area contributed by atoms with Crippen molar-refractivity contribution in [2.75, 3.05) is 12.4 Å². The number of ketones is 1. The number of hydrogen-bond donors (Lipinski definition) is 3. The molecule has 0 saturated carbocycles. The average Bonchev–Trinajstić information content (AvgIpc) is 3.05. The molecule has 0 aromatic rings. The van der Waals surface area contributed by atoms with Crippen LogP contribution in [0.15, 0.2) is 0 Å². The number of rotatable bonds is 9. The van der Waals surface area contributed by atoms with E-state index in [4.69, 9.17) is 17.3 Å². The van der Waals surface area contributed by atoms with Gasteiger partial charge in [-0.15, -0.1) is 11.6 Å². The topological polar surface area (TPSA) is 122 Å². The Morgan fingerprint density at radius 2 is 1.78 bits per heavy atom. The predicted octanol–water partition coefficient (Wildman–Crippen LogP) is 0.168. The Kier molecular flexibility index (Phi) is 9.18. The van der Waals surface area contributed by atoms with Gasteiger partial charge >= 0.3 is 0 Å². The summed E-state index contributed by atoms with van der Waals surface area (Å²) in [6.45, 7) is 7.38. The largest absolute Gasteiger partial charge is 0.345 e. The van der Waals surface area contributed by atoms with Gasteiger partial charge in [0.15, 0.2) is 5.78 Å². The zero-order valence-electron chi connectivity index (χ0n) is 16.5. The van der Waals surface area contributed by atoms with Crippen molar-refractivity contribution in [3.63, 3.8) is 0 Å². The number of Topliss-reactive ketones (excluding diaryl/α,β-unsaturated/α-hetero) is 1. The molecule has 1 heterocycles. The zero-order chi connectivity index (χ0) is 20.7. The van der Waals surface area contributed by atoms with Gasteiger partial charge in [-0.3, -0.25) is 19.2 Å². The lowest BCUT2D eigenvalue weighted by atomic mass is 10.0. The molecule has 8 nitrogen and oxygen atoms in total. The minimum atomic E-state index is -0.805. The third-order valence-corrected chi connectivity index (χ3v) is 4.95. The first-order valence-corrected chi connectivity index (χ1v) is 9.86. The Morgan fingerprint density at radius 3 is 2.30 bits per heavy atom. The number of nitrogens with one attached hydrogen (secondary N) is 2. The third-order valence-electron chi connectivity index (χ3n) is 4.68. The van der Waals surface area contributed by atoms with E-state index in [1.807, 2.05) is 13.8 Å². The molecule has 4 unspecified atom stereocenters. The predicted molar refractivity (Wildman–Crippen MR) is 103 cm³/mol. The molecule has 27 heavy (non-hydrogen) atoms. The van der Waals surface area contributed by atoms with Crippen molar-refractivity contribution in [2.24, 2.45) is 11.7 Å². The zero-order valence-corrected chi connectivity index (χ0v) is 17.2. The van der Waals surface area contributed by atoms with E-state index in [2.05, 4.69) is 10.6 Å². The van der Waals surface area contributed by atoms with Crippen LogP contribution in [-0.2, 0) is 19.2 Å². The molecule has 4 atom stereocenters. The molecule has 9 heteroatoms. The first kappa shape index (κ1) is 23.4. The van der Waals surface area contributed by atoms with Gasteiger partial charge in [0.2, 0.25) is 17.7 Å². The van der Waals surface area contributed by atoms with E-state index in [0.717, 1.165) is 12.8 Å². The quantitative estimate of drug-likeness (QED) is 0.474. The van der Waals surface area contributed by atoms with Crippen LogP contribution in [0.3, 0.4) is 0 Å². The minimum absolute atomic E-state index is 0.112. The molecule has 0 aliphatic carbocycles. The number of halogens is 1. The Bertz CT molecular complexity index is 568. The lowest BCUT2D eigenvalue weighted by Gasteiger charge is -2.27. The van der Waals surface area contributed by atoms with E-state index in [-0.39, 0.29) is 41.9 Å². The monoisotopic (exact) mass is 402 g/mol. The molecular weight excluding hydrogens is 372 g/mol. The van der Waals surface area contributed by atoms with E-state index in [1.165, 1.54) is 0 Å². The second-order valence-electron chi connectivity index (χ2n) is 7.44. The fourth-order valence-corrected chi connectivity index (χ4v) is 3.33. The minimum Gasteiger partial charge on any atom is -0.345 e. The third kappa shape index (κ3) is 6.77. The molecule has 1 fully saturated rings. The van der Waals surface area contributed by atoms with Crippen molar-refractivity contribution in [2.45, 2.75) is 71.1 Å². The summed E-state index contributed by atoms with van der Waals surface area (Å²) >= 11 is 5.58. The number of alkyl halides is 1. The maximum absolute atomic E-state index is 12.3. The number of hydrogen-bond acceptors (Lipinski definition) is 5. The highest BCUT2D eigenvalue weighted by molar-refractivity contribution is 6.28. The summed E-state index contributed by atoms with van der Waals surface area (Å²) < 4.78 is 0. The highest BCUT2D eigenvalue weighted by atomic mass is 35.5. The van der Waals surface area contributed by atoms with E-state index in [0.29, 0.717) is 6.54 Å². The molecule has 154 valence electrons. The Labute approximate surface area is 165 Å². The number of likely N-dealkylation sites (tertiary alicyclic amines) is 1. The summed E-state index contributed by atoms with van der Waals surface area (Å²) in [5, 5.41) is 5.27. The standard InChI is InChI=1S/C18H31ClN4O4/c1-10(2)16(14(24)9-19)22-17(26)12(4)21-15(25)8-13-6-5-7-23(13)18(27)11(3)20/h10-13,16H,5-9,20H2,1-4H3,(H,21,25)(H,22,26). The van der Waals surface area contributed by atoms with E-state index >= 15 is 0 Å². The van der Waals surface area contributed by atoms with Gasteiger partial charge < -0.3 is 21.3 Å². The fourth-order valence-electron chi connectivity index (χ4n) is 3.16. The van der Waals surface area contributed by atoms with Gasteiger partial charge in [0.25, 0.3) is 0 Å². The smallest absolute Gasteiger partial charge is 0.242 e. The van der Waals surface area contributed by atoms with Crippen LogP contribution in [-0.4, -0.2) is 65.0 Å². The molecule has 1 saturated heterocycles. The van der Waals surface area contributed by atoms with Gasteiger partial charge in [0.05, 0.1) is 18.0 Å². The molecule has 0 bridgehead atoms. The molecule has 4 N–H and O–H groups in total. The molecule has 1 aliphatic rings. The summed E-state index contributed by atoms with van der Waals surface area (Å²) in [6.07, 6.45) is 1.67. The number of nitrogens with two attached hydrogens (primary N) is 1. The van der Waals surface area contributed by atoms with Gasteiger partial charge in [0, 0.05) is 19.0 Å². The van der Waals surface area contributed by atoms with Gasteiger partial charge in [-0.1, -0.05) is 13.8 Å². The molecule has 0 spiro atoms. The average molecular weight is 403 g/mol. The summed E-state index contributed by atoms with van der Waals surface area (Å²) in [5.41, 5.74) is 5.65. The molecule has 1 rings (SSSR count). The van der Waals surface area contributed by atoms with E-state index in [1.54, 1.807) is 18.7 Å². The van der Waals surface area contributed by atoms with Crippen LogP contribution in [0.1, 0.15) is 47.0 Å². The van der Waals surface area contributed by atoms with Crippen molar-refractivity contribution in [1.29, 1.82) is 0 Å². The van der Waals surface area contributed by atoms with Gasteiger partial charge in [0.1, 0.15) is 6.04 Å². The van der Waals surface area contributed by atoms with Gasteiger partial charge in [-0.2, -0.15) is 0 Å². The van der Waals surface area contributed by atoms with E-state index < -0.39 is 24.0 Å². The van der Waals surface area contributed by atoms with Crippen molar-refractivity contribution in [1.82, 2.24) is 15.5 Å². The van der Waals surface area contributed by atoms with Gasteiger partial charge in [-0.25, -0.2) is 0 Å². The van der Waals surface area contributed by atoms with Crippen LogP contribution in [0, 0.1) is 5.92 Å². The van der Waals surface area contributed by atoms with Crippen molar-refractivity contribution in [3.05, 3.63) is 0 Å². The summed E-state index contributed by atoms with van der Waals surface area (Å²) in [4.78, 5) is 50.2. The van der Waals surface area contributed by atoms with Crippen LogP contribution in [0.2, 0.25) is 0 Å². The molecule has 0 radical (unpaired) electrons. The highest BCUT2D eigenvalue weighted by Crippen LogP contribution is 2.20.